The van der Waals surface area contributed by atoms with Gasteiger partial charge in [-0.05, 0) is 12.1 Å². The fourth-order valence-corrected chi connectivity index (χ4v) is 1.34. The summed E-state index contributed by atoms with van der Waals surface area (Å²) in [6.45, 7) is 0. The molecule has 0 radical (unpaired) electrons. The Morgan fingerprint density at radius 2 is 1.83 bits per heavy atom. The lowest BCUT2D eigenvalue weighted by Crippen LogP contribution is -2.30. The zero-order chi connectivity index (χ0) is 14.1. The van der Waals surface area contributed by atoms with E-state index >= 15 is 0 Å². The van der Waals surface area contributed by atoms with Gasteiger partial charge in [0, 0.05) is 5.69 Å². The molecule has 0 saturated heterocycles. The predicted molar refractivity (Wildman–Crippen MR) is 53.1 cm³/mol. The number of carbonyl (C=O) groups is 2. The van der Waals surface area contributed by atoms with Gasteiger partial charge < -0.3 is 10.4 Å². The third-order valence-electron chi connectivity index (χ3n) is 1.77. The third kappa shape index (κ3) is 3.10. The number of amides is 1. The van der Waals surface area contributed by atoms with E-state index in [2.05, 4.69) is 0 Å². The summed E-state index contributed by atoms with van der Waals surface area (Å²) < 4.78 is 48.9. The van der Waals surface area contributed by atoms with Crippen LogP contribution in [0.5, 0.6) is 0 Å². The number of rotatable bonds is 2. The zero-order valence-electron chi connectivity index (χ0n) is 8.31. The van der Waals surface area contributed by atoms with Crippen molar-refractivity contribution in [3.63, 3.8) is 0 Å². The maximum absolute atomic E-state index is 13.2. The molecule has 0 bridgehead atoms. The van der Waals surface area contributed by atoms with Crippen LogP contribution in [-0.4, -0.2) is 23.2 Å². The molecule has 4 nitrogen and oxygen atoms in total. The SMILES string of the molecule is O=C(O)c1c(F)cc(NC(=O)C(F)(F)F)cc1Cl. The number of aromatic carboxylic acids is 1. The quantitative estimate of drug-likeness (QED) is 0.821. The average molecular weight is 286 g/mol. The highest BCUT2D eigenvalue weighted by molar-refractivity contribution is 6.33. The van der Waals surface area contributed by atoms with Crippen molar-refractivity contribution in [2.24, 2.45) is 0 Å². The molecule has 0 aliphatic rings. The first-order valence-electron chi connectivity index (χ1n) is 4.23. The Bertz CT molecular complexity index is 492. The maximum atomic E-state index is 13.2. The van der Waals surface area contributed by atoms with Gasteiger partial charge in [0.05, 0.1) is 5.02 Å². The van der Waals surface area contributed by atoms with E-state index in [9.17, 15) is 27.2 Å². The molecular formula is C9H4ClF4NO3. The molecule has 0 fully saturated rings. The molecule has 18 heavy (non-hydrogen) atoms. The number of nitrogens with one attached hydrogen (secondary N) is 1. The van der Waals surface area contributed by atoms with E-state index in [1.54, 1.807) is 0 Å². The summed E-state index contributed by atoms with van der Waals surface area (Å²) >= 11 is 5.37. The second-order valence-corrected chi connectivity index (χ2v) is 3.48. The number of alkyl halides is 3. The normalized spacial score (nSPS) is 11.2. The molecule has 0 aliphatic heterocycles. The molecule has 98 valence electrons. The largest absolute Gasteiger partial charge is 0.478 e. The summed E-state index contributed by atoms with van der Waals surface area (Å²) in [5, 5.41) is 9.28. The Labute approximate surface area is 102 Å². The number of carboxylic acids is 1. The number of hydrogen-bond donors (Lipinski definition) is 2. The molecule has 0 saturated carbocycles. The zero-order valence-corrected chi connectivity index (χ0v) is 9.06. The Morgan fingerprint density at radius 1 is 1.28 bits per heavy atom. The Morgan fingerprint density at radius 3 is 2.22 bits per heavy atom. The minimum absolute atomic E-state index is 0.430. The third-order valence-corrected chi connectivity index (χ3v) is 2.07. The fraction of sp³-hybridized carbons (Fsp3) is 0.111. The Hall–Kier alpha value is -1.83. The summed E-state index contributed by atoms with van der Waals surface area (Å²) in [4.78, 5) is 21.1. The number of anilines is 1. The number of benzene rings is 1. The van der Waals surface area contributed by atoms with Gasteiger partial charge >= 0.3 is 18.1 Å². The van der Waals surface area contributed by atoms with E-state index in [4.69, 9.17) is 16.7 Å². The van der Waals surface area contributed by atoms with Crippen molar-refractivity contribution in [2.45, 2.75) is 6.18 Å². The van der Waals surface area contributed by atoms with Crippen LogP contribution < -0.4 is 5.32 Å². The first kappa shape index (κ1) is 14.2. The van der Waals surface area contributed by atoms with Crippen LogP contribution in [0.4, 0.5) is 23.2 Å². The highest BCUT2D eigenvalue weighted by Gasteiger charge is 2.38. The second-order valence-electron chi connectivity index (χ2n) is 3.07. The van der Waals surface area contributed by atoms with Crippen molar-refractivity contribution in [1.82, 2.24) is 0 Å². The molecule has 1 aromatic rings. The monoisotopic (exact) mass is 285 g/mol. The van der Waals surface area contributed by atoms with Crippen molar-refractivity contribution < 1.29 is 32.3 Å². The highest BCUT2D eigenvalue weighted by Crippen LogP contribution is 2.26. The molecule has 0 unspecified atom stereocenters. The number of carbonyl (C=O) groups excluding carboxylic acids is 1. The minimum Gasteiger partial charge on any atom is -0.478 e. The van der Waals surface area contributed by atoms with E-state index in [0.29, 0.717) is 12.1 Å². The van der Waals surface area contributed by atoms with Gasteiger partial charge in [0.15, 0.2) is 0 Å². The van der Waals surface area contributed by atoms with Crippen molar-refractivity contribution in [1.29, 1.82) is 0 Å². The van der Waals surface area contributed by atoms with Gasteiger partial charge in [0.2, 0.25) is 0 Å². The molecule has 1 aromatic carbocycles. The summed E-state index contributed by atoms with van der Waals surface area (Å²) in [5.41, 5.74) is -1.48. The summed E-state index contributed by atoms with van der Waals surface area (Å²) in [5.74, 6) is -5.35. The smallest absolute Gasteiger partial charge is 0.471 e. The van der Waals surface area contributed by atoms with Gasteiger partial charge in [-0.3, -0.25) is 4.79 Å². The van der Waals surface area contributed by atoms with Gasteiger partial charge in [0.1, 0.15) is 11.4 Å². The first-order valence-corrected chi connectivity index (χ1v) is 4.61. The second kappa shape index (κ2) is 4.81. The number of hydrogen-bond acceptors (Lipinski definition) is 2. The molecular weight excluding hydrogens is 282 g/mol. The average Bonchev–Trinajstić information content (AvgIpc) is 2.13. The lowest BCUT2D eigenvalue weighted by Gasteiger charge is -2.09. The van der Waals surface area contributed by atoms with Crippen LogP contribution in [0.3, 0.4) is 0 Å². The molecule has 1 amide bonds. The fourth-order valence-electron chi connectivity index (χ4n) is 1.05. The summed E-state index contributed by atoms with van der Waals surface area (Å²) in [7, 11) is 0. The van der Waals surface area contributed by atoms with Crippen LogP contribution in [-0.2, 0) is 4.79 Å². The minimum atomic E-state index is -5.14. The lowest BCUT2D eigenvalue weighted by molar-refractivity contribution is -0.167. The van der Waals surface area contributed by atoms with Crippen LogP contribution in [0.25, 0.3) is 0 Å². The molecule has 2 N–H and O–H groups in total. The van der Waals surface area contributed by atoms with Gasteiger partial charge in [-0.2, -0.15) is 13.2 Å². The van der Waals surface area contributed by atoms with Crippen molar-refractivity contribution in [3.05, 3.63) is 28.5 Å². The molecule has 0 atom stereocenters. The molecule has 0 aromatic heterocycles. The van der Waals surface area contributed by atoms with Crippen LogP contribution in [0.15, 0.2) is 12.1 Å². The predicted octanol–water partition coefficient (Wildman–Crippen LogP) is 2.68. The van der Waals surface area contributed by atoms with E-state index in [1.807, 2.05) is 0 Å². The van der Waals surface area contributed by atoms with Crippen LogP contribution in [0, 0.1) is 5.82 Å². The van der Waals surface area contributed by atoms with Crippen LogP contribution in [0.2, 0.25) is 5.02 Å². The molecule has 0 spiro atoms. The van der Waals surface area contributed by atoms with Crippen LogP contribution >= 0.6 is 11.6 Å². The lowest BCUT2D eigenvalue weighted by atomic mass is 10.2. The Kier molecular flexibility index (Phi) is 3.80. The number of carboxylic acid groups (broad SMARTS) is 1. The van der Waals surface area contributed by atoms with Crippen molar-refractivity contribution in [2.75, 3.05) is 5.32 Å². The first-order chi connectivity index (χ1) is 8.12. The molecule has 9 heteroatoms. The summed E-state index contributed by atoms with van der Waals surface area (Å²) in [6, 6.07) is 1.14. The van der Waals surface area contributed by atoms with Gasteiger partial charge in [-0.25, -0.2) is 9.18 Å². The Balaban J connectivity index is 3.08. The number of halogens is 5. The highest BCUT2D eigenvalue weighted by atomic mass is 35.5. The van der Waals surface area contributed by atoms with E-state index in [-0.39, 0.29) is 0 Å². The standard InChI is InChI=1S/C9H4ClF4NO3/c10-4-1-3(15-8(18)9(12,13)14)2-5(11)6(4)7(16)17/h1-2H,(H,15,18)(H,16,17). The topological polar surface area (TPSA) is 66.4 Å². The summed E-state index contributed by atoms with van der Waals surface area (Å²) in [6.07, 6.45) is -5.14. The van der Waals surface area contributed by atoms with Crippen LogP contribution in [0.1, 0.15) is 10.4 Å². The maximum Gasteiger partial charge on any atom is 0.471 e. The van der Waals surface area contributed by atoms with Crippen molar-refractivity contribution >= 4 is 29.2 Å². The molecule has 1 rings (SSSR count). The molecule has 0 heterocycles. The molecule has 0 aliphatic carbocycles. The van der Waals surface area contributed by atoms with E-state index in [1.165, 1.54) is 5.32 Å². The van der Waals surface area contributed by atoms with E-state index < -0.39 is 40.1 Å². The van der Waals surface area contributed by atoms with Gasteiger partial charge in [-0.1, -0.05) is 11.6 Å². The van der Waals surface area contributed by atoms with E-state index in [0.717, 1.165) is 0 Å². The van der Waals surface area contributed by atoms with Crippen molar-refractivity contribution in [3.8, 4) is 0 Å². The van der Waals surface area contributed by atoms with Gasteiger partial charge in [-0.15, -0.1) is 0 Å². The van der Waals surface area contributed by atoms with Gasteiger partial charge in [0.25, 0.3) is 0 Å².